The van der Waals surface area contributed by atoms with Crippen molar-refractivity contribution in [2.24, 2.45) is 11.7 Å². The second-order valence-corrected chi connectivity index (χ2v) is 8.32. The average molecular weight is 467 g/mol. The SMILES string of the molecule is CC(C)C(NC(=O)C(NC(=O)C(N)Cc1ccccc1)C(C)O)C(=O)NC(C(=O)O)C(C)O. The second kappa shape index (κ2) is 12.9. The van der Waals surface area contributed by atoms with Crippen molar-refractivity contribution < 1.29 is 34.5 Å². The Morgan fingerprint density at radius 3 is 1.70 bits per heavy atom. The van der Waals surface area contributed by atoms with Crippen molar-refractivity contribution in [3.05, 3.63) is 35.9 Å². The van der Waals surface area contributed by atoms with Crippen LogP contribution in [0.25, 0.3) is 0 Å². The molecular formula is C22H34N4O7. The van der Waals surface area contributed by atoms with Gasteiger partial charge in [-0.1, -0.05) is 44.2 Å². The molecule has 0 aromatic heterocycles. The summed E-state index contributed by atoms with van der Waals surface area (Å²) in [5, 5.41) is 35.8. The van der Waals surface area contributed by atoms with Crippen molar-refractivity contribution in [1.29, 1.82) is 0 Å². The van der Waals surface area contributed by atoms with Crippen molar-refractivity contribution in [3.63, 3.8) is 0 Å². The van der Waals surface area contributed by atoms with Crippen LogP contribution in [0.5, 0.6) is 0 Å². The first kappa shape index (κ1) is 28.0. The summed E-state index contributed by atoms with van der Waals surface area (Å²) in [7, 11) is 0. The Labute approximate surface area is 192 Å². The Hall–Kier alpha value is -3.02. The fourth-order valence-electron chi connectivity index (χ4n) is 3.04. The zero-order valence-electron chi connectivity index (χ0n) is 19.2. The lowest BCUT2D eigenvalue weighted by Crippen LogP contribution is -2.61. The minimum atomic E-state index is -1.57. The van der Waals surface area contributed by atoms with Gasteiger partial charge in [0.05, 0.1) is 18.2 Å². The molecule has 33 heavy (non-hydrogen) atoms. The van der Waals surface area contributed by atoms with Crippen molar-refractivity contribution in [2.45, 2.75) is 70.5 Å². The number of hydrogen-bond acceptors (Lipinski definition) is 7. The molecule has 6 unspecified atom stereocenters. The summed E-state index contributed by atoms with van der Waals surface area (Å²) in [6, 6.07) is 3.89. The van der Waals surface area contributed by atoms with Crippen LogP contribution < -0.4 is 21.7 Å². The van der Waals surface area contributed by atoms with Crippen molar-refractivity contribution in [2.75, 3.05) is 0 Å². The molecular weight excluding hydrogens is 432 g/mol. The van der Waals surface area contributed by atoms with Crippen LogP contribution in [0.2, 0.25) is 0 Å². The second-order valence-electron chi connectivity index (χ2n) is 8.32. The molecule has 0 heterocycles. The maximum Gasteiger partial charge on any atom is 0.328 e. The van der Waals surface area contributed by atoms with Crippen LogP contribution in [0, 0.1) is 5.92 Å². The zero-order valence-corrected chi connectivity index (χ0v) is 19.2. The van der Waals surface area contributed by atoms with Crippen molar-refractivity contribution in [1.82, 2.24) is 16.0 Å². The molecule has 1 rings (SSSR count). The molecule has 0 radical (unpaired) electrons. The smallest absolute Gasteiger partial charge is 0.328 e. The lowest BCUT2D eigenvalue weighted by Gasteiger charge is -2.28. The van der Waals surface area contributed by atoms with Gasteiger partial charge in [0.1, 0.15) is 12.1 Å². The summed E-state index contributed by atoms with van der Waals surface area (Å²) in [6.45, 7) is 5.74. The molecule has 0 bridgehead atoms. The van der Waals surface area contributed by atoms with Gasteiger partial charge < -0.3 is 37.0 Å². The van der Waals surface area contributed by atoms with E-state index in [1.807, 2.05) is 6.07 Å². The first-order chi connectivity index (χ1) is 15.3. The van der Waals surface area contributed by atoms with E-state index in [0.717, 1.165) is 5.56 Å². The van der Waals surface area contributed by atoms with Gasteiger partial charge in [-0.2, -0.15) is 0 Å². The predicted molar refractivity (Wildman–Crippen MR) is 120 cm³/mol. The molecule has 0 aliphatic heterocycles. The van der Waals surface area contributed by atoms with Crippen molar-refractivity contribution in [3.8, 4) is 0 Å². The third kappa shape index (κ3) is 8.79. The predicted octanol–water partition coefficient (Wildman–Crippen LogP) is -1.49. The van der Waals surface area contributed by atoms with Crippen LogP contribution in [-0.4, -0.2) is 75.4 Å². The number of carboxylic acids is 1. The van der Waals surface area contributed by atoms with Gasteiger partial charge in [-0.3, -0.25) is 14.4 Å². The number of aliphatic hydroxyl groups is 2. The largest absolute Gasteiger partial charge is 0.480 e. The van der Waals surface area contributed by atoms with Crippen molar-refractivity contribution >= 4 is 23.7 Å². The van der Waals surface area contributed by atoms with Crippen LogP contribution in [0.15, 0.2) is 30.3 Å². The Balaban J connectivity index is 2.88. The first-order valence-corrected chi connectivity index (χ1v) is 10.6. The van der Waals surface area contributed by atoms with E-state index in [-0.39, 0.29) is 6.42 Å². The monoisotopic (exact) mass is 466 g/mol. The molecule has 0 aliphatic rings. The third-order valence-corrected chi connectivity index (χ3v) is 4.99. The lowest BCUT2D eigenvalue weighted by molar-refractivity contribution is -0.145. The Morgan fingerprint density at radius 2 is 1.24 bits per heavy atom. The summed E-state index contributed by atoms with van der Waals surface area (Å²) in [5.74, 6) is -4.24. The fraction of sp³-hybridized carbons (Fsp3) is 0.545. The minimum absolute atomic E-state index is 0.216. The Bertz CT molecular complexity index is 814. The third-order valence-electron chi connectivity index (χ3n) is 4.99. The molecule has 3 amide bonds. The van der Waals surface area contributed by atoms with E-state index in [1.54, 1.807) is 38.1 Å². The molecule has 0 saturated carbocycles. The van der Waals surface area contributed by atoms with E-state index in [9.17, 15) is 29.4 Å². The van der Waals surface area contributed by atoms with E-state index in [1.165, 1.54) is 13.8 Å². The molecule has 11 heteroatoms. The van der Waals surface area contributed by atoms with E-state index in [4.69, 9.17) is 10.8 Å². The van der Waals surface area contributed by atoms with E-state index < -0.39 is 66.0 Å². The van der Waals surface area contributed by atoms with Gasteiger partial charge in [0.2, 0.25) is 17.7 Å². The number of aliphatic carboxylic acids is 1. The number of carbonyl (C=O) groups is 4. The van der Waals surface area contributed by atoms with Gasteiger partial charge in [0, 0.05) is 0 Å². The zero-order chi connectivity index (χ0) is 25.3. The maximum atomic E-state index is 12.8. The van der Waals surface area contributed by atoms with Crippen LogP contribution in [0.1, 0.15) is 33.3 Å². The molecule has 8 N–H and O–H groups in total. The molecule has 1 aromatic carbocycles. The number of hydrogen-bond donors (Lipinski definition) is 7. The van der Waals surface area contributed by atoms with E-state index in [2.05, 4.69) is 16.0 Å². The van der Waals surface area contributed by atoms with Crippen LogP contribution in [0.4, 0.5) is 0 Å². The number of nitrogens with one attached hydrogen (secondary N) is 3. The number of carbonyl (C=O) groups excluding carboxylic acids is 3. The normalized spacial score (nSPS) is 16.6. The first-order valence-electron chi connectivity index (χ1n) is 10.6. The van der Waals surface area contributed by atoms with Gasteiger partial charge in [0.15, 0.2) is 6.04 Å². The van der Waals surface area contributed by atoms with Gasteiger partial charge in [-0.15, -0.1) is 0 Å². The van der Waals surface area contributed by atoms with Gasteiger partial charge >= 0.3 is 5.97 Å². The Kier molecular flexibility index (Phi) is 10.9. The number of rotatable bonds is 12. The topological polar surface area (TPSA) is 191 Å². The molecule has 6 atom stereocenters. The number of carboxylic acid groups (broad SMARTS) is 1. The highest BCUT2D eigenvalue weighted by atomic mass is 16.4. The quantitative estimate of drug-likeness (QED) is 0.194. The van der Waals surface area contributed by atoms with Gasteiger partial charge in [-0.05, 0) is 31.7 Å². The van der Waals surface area contributed by atoms with Crippen LogP contribution >= 0.6 is 0 Å². The fourth-order valence-corrected chi connectivity index (χ4v) is 3.04. The summed E-state index contributed by atoms with van der Waals surface area (Å²) in [4.78, 5) is 49.2. The van der Waals surface area contributed by atoms with Crippen LogP contribution in [-0.2, 0) is 25.6 Å². The highest BCUT2D eigenvalue weighted by molar-refractivity contribution is 5.94. The average Bonchev–Trinajstić information content (AvgIpc) is 2.73. The van der Waals surface area contributed by atoms with E-state index in [0.29, 0.717) is 0 Å². The molecule has 0 spiro atoms. The molecule has 0 fully saturated rings. The highest BCUT2D eigenvalue weighted by Crippen LogP contribution is 2.07. The molecule has 0 aliphatic carbocycles. The van der Waals surface area contributed by atoms with Gasteiger partial charge in [0.25, 0.3) is 0 Å². The molecule has 184 valence electrons. The summed E-state index contributed by atoms with van der Waals surface area (Å²) < 4.78 is 0. The number of amides is 3. The summed E-state index contributed by atoms with van der Waals surface area (Å²) in [6.07, 6.45) is -2.46. The minimum Gasteiger partial charge on any atom is -0.480 e. The molecule has 1 aromatic rings. The van der Waals surface area contributed by atoms with Crippen LogP contribution in [0.3, 0.4) is 0 Å². The lowest BCUT2D eigenvalue weighted by atomic mass is 10.0. The highest BCUT2D eigenvalue weighted by Gasteiger charge is 2.34. The number of aliphatic hydroxyl groups excluding tert-OH is 2. The Morgan fingerprint density at radius 1 is 0.788 bits per heavy atom. The molecule has 11 nitrogen and oxygen atoms in total. The number of benzene rings is 1. The maximum absolute atomic E-state index is 12.8. The number of nitrogens with two attached hydrogens (primary N) is 1. The van der Waals surface area contributed by atoms with Gasteiger partial charge in [-0.25, -0.2) is 4.79 Å². The standard InChI is InChI=1S/C22H34N4O7/c1-11(2)16(20(30)26-18(13(4)28)22(32)33)24-21(31)17(12(3)27)25-19(29)15(23)10-14-8-6-5-7-9-14/h5-9,11-13,15-18,27-28H,10,23H2,1-4H3,(H,24,31)(H,25,29)(H,26,30)(H,32,33). The molecule has 0 saturated heterocycles. The van der Waals surface area contributed by atoms with E-state index >= 15 is 0 Å². The summed E-state index contributed by atoms with van der Waals surface area (Å²) >= 11 is 0. The summed E-state index contributed by atoms with van der Waals surface area (Å²) in [5.41, 5.74) is 6.76.